The molecular weight excluding hydrogens is 259 g/mol. The van der Waals surface area contributed by atoms with Crippen molar-refractivity contribution in [2.45, 2.75) is 117 Å². The second-order valence-electron chi connectivity index (χ2n) is 6.78. The predicted octanol–water partition coefficient (Wildman–Crippen LogP) is 7.37. The molecule has 2 atom stereocenters. The van der Waals surface area contributed by atoms with Crippen LogP contribution in [0.4, 0.5) is 0 Å². The Bertz CT molecular complexity index is 194. The first-order chi connectivity index (χ1) is 9.66. The Balaban J connectivity index is 4.50. The van der Waals surface area contributed by atoms with E-state index in [0.29, 0.717) is 5.41 Å². The van der Waals surface area contributed by atoms with Gasteiger partial charge in [-0.15, -0.1) is 9.24 Å². The zero-order valence-corrected chi connectivity index (χ0v) is 16.0. The number of rotatable bonds is 14. The van der Waals surface area contributed by atoms with E-state index in [1.807, 2.05) is 0 Å². The van der Waals surface area contributed by atoms with E-state index >= 15 is 0 Å². The van der Waals surface area contributed by atoms with Crippen molar-refractivity contribution in [2.75, 3.05) is 0 Å². The van der Waals surface area contributed by atoms with Crippen LogP contribution >= 0.6 is 9.24 Å². The van der Waals surface area contributed by atoms with Gasteiger partial charge in [-0.3, -0.25) is 0 Å². The first kappa shape index (κ1) is 20.4. The molecule has 122 valence electrons. The van der Waals surface area contributed by atoms with Crippen molar-refractivity contribution in [3.63, 3.8) is 0 Å². The molecule has 0 N–H and O–H groups in total. The summed E-state index contributed by atoms with van der Waals surface area (Å²) in [5.41, 5.74) is 1.46. The van der Waals surface area contributed by atoms with Crippen molar-refractivity contribution in [1.82, 2.24) is 0 Å². The SMILES string of the molecule is CCCCCCC(P)C(CCC)(CCC)CCCCC. The second kappa shape index (κ2) is 13.1. The van der Waals surface area contributed by atoms with Crippen LogP contribution < -0.4 is 0 Å². The quantitative estimate of drug-likeness (QED) is 0.232. The molecule has 0 aromatic rings. The van der Waals surface area contributed by atoms with Crippen LogP contribution in [-0.2, 0) is 0 Å². The zero-order valence-electron chi connectivity index (χ0n) is 14.8. The van der Waals surface area contributed by atoms with Crippen LogP contribution in [0.1, 0.15) is 111 Å². The molecule has 0 rings (SSSR count). The van der Waals surface area contributed by atoms with Crippen molar-refractivity contribution < 1.29 is 0 Å². The molecule has 0 heterocycles. The molecule has 0 aliphatic rings. The van der Waals surface area contributed by atoms with Crippen LogP contribution in [0.2, 0.25) is 0 Å². The van der Waals surface area contributed by atoms with Crippen LogP contribution in [0.3, 0.4) is 0 Å². The van der Waals surface area contributed by atoms with E-state index < -0.39 is 0 Å². The highest BCUT2D eigenvalue weighted by molar-refractivity contribution is 7.17. The van der Waals surface area contributed by atoms with Crippen molar-refractivity contribution >= 4 is 9.24 Å². The zero-order chi connectivity index (χ0) is 15.3. The molecule has 0 aromatic heterocycles. The third kappa shape index (κ3) is 8.02. The summed E-state index contributed by atoms with van der Waals surface area (Å²) in [6.45, 7) is 9.38. The van der Waals surface area contributed by atoms with Crippen molar-refractivity contribution in [1.29, 1.82) is 0 Å². The van der Waals surface area contributed by atoms with Crippen molar-refractivity contribution in [3.8, 4) is 0 Å². The molecular formula is C19H41P. The van der Waals surface area contributed by atoms with Gasteiger partial charge in [0.2, 0.25) is 0 Å². The lowest BCUT2D eigenvalue weighted by molar-refractivity contribution is 0.190. The summed E-state index contributed by atoms with van der Waals surface area (Å²) in [6, 6.07) is 0. The number of unbranched alkanes of at least 4 members (excludes halogenated alkanes) is 5. The third-order valence-corrected chi connectivity index (χ3v) is 5.97. The molecule has 0 aliphatic carbocycles. The van der Waals surface area contributed by atoms with E-state index in [0.717, 1.165) is 5.66 Å². The summed E-state index contributed by atoms with van der Waals surface area (Å²) in [4.78, 5) is 0. The van der Waals surface area contributed by atoms with Gasteiger partial charge in [0, 0.05) is 0 Å². The molecule has 0 aromatic carbocycles. The monoisotopic (exact) mass is 300 g/mol. The van der Waals surface area contributed by atoms with E-state index in [9.17, 15) is 0 Å². The Morgan fingerprint density at radius 2 is 1.20 bits per heavy atom. The highest BCUT2D eigenvalue weighted by Crippen LogP contribution is 2.44. The fraction of sp³-hybridized carbons (Fsp3) is 1.00. The van der Waals surface area contributed by atoms with Crippen LogP contribution in [0.25, 0.3) is 0 Å². The lowest BCUT2D eigenvalue weighted by Gasteiger charge is -2.40. The Kier molecular flexibility index (Phi) is 13.4. The molecule has 0 saturated heterocycles. The minimum absolute atomic E-state index is 0.621. The molecule has 0 bridgehead atoms. The maximum Gasteiger partial charge on any atom is -0.0208 e. The molecule has 0 fully saturated rings. The summed E-state index contributed by atoms with van der Waals surface area (Å²) >= 11 is 0. The highest BCUT2D eigenvalue weighted by Gasteiger charge is 2.33. The van der Waals surface area contributed by atoms with Crippen molar-refractivity contribution in [2.24, 2.45) is 5.41 Å². The van der Waals surface area contributed by atoms with E-state index in [1.165, 1.54) is 83.5 Å². The average Bonchev–Trinajstić information content (AvgIpc) is 2.44. The standard InChI is InChI=1S/C19H41P/c1-5-9-11-12-14-18(20)19(15-7-3,16-8-4)17-13-10-6-2/h18H,5-17,20H2,1-4H3. The van der Waals surface area contributed by atoms with Gasteiger partial charge in [0.05, 0.1) is 0 Å². The first-order valence-corrected chi connectivity index (χ1v) is 10.1. The van der Waals surface area contributed by atoms with E-state index in [2.05, 4.69) is 36.9 Å². The Morgan fingerprint density at radius 3 is 1.70 bits per heavy atom. The molecule has 0 saturated carbocycles. The third-order valence-electron chi connectivity index (χ3n) is 4.93. The van der Waals surface area contributed by atoms with Crippen molar-refractivity contribution in [3.05, 3.63) is 0 Å². The second-order valence-corrected chi connectivity index (χ2v) is 7.58. The molecule has 0 nitrogen and oxygen atoms in total. The largest absolute Gasteiger partial charge is 0.134 e. The molecule has 0 aliphatic heterocycles. The fourth-order valence-electron chi connectivity index (χ4n) is 3.75. The highest BCUT2D eigenvalue weighted by atomic mass is 31.0. The maximum atomic E-state index is 3.25. The van der Waals surface area contributed by atoms with Crippen LogP contribution in [0, 0.1) is 5.41 Å². The van der Waals surface area contributed by atoms with Gasteiger partial charge in [-0.1, -0.05) is 85.5 Å². The normalized spacial score (nSPS) is 13.7. The van der Waals surface area contributed by atoms with Gasteiger partial charge in [-0.25, -0.2) is 0 Å². The minimum Gasteiger partial charge on any atom is -0.134 e. The van der Waals surface area contributed by atoms with E-state index in [1.54, 1.807) is 0 Å². The predicted molar refractivity (Wildman–Crippen MR) is 98.6 cm³/mol. The number of hydrogen-bond acceptors (Lipinski definition) is 0. The summed E-state index contributed by atoms with van der Waals surface area (Å²) in [5, 5.41) is 0. The summed E-state index contributed by atoms with van der Waals surface area (Å²) in [5.74, 6) is 0. The molecule has 0 radical (unpaired) electrons. The van der Waals surface area contributed by atoms with Gasteiger partial charge in [0.1, 0.15) is 0 Å². The Hall–Kier alpha value is 0.430. The van der Waals surface area contributed by atoms with Crippen LogP contribution in [0.15, 0.2) is 0 Å². The van der Waals surface area contributed by atoms with E-state index in [4.69, 9.17) is 0 Å². The van der Waals surface area contributed by atoms with Gasteiger partial charge in [0.25, 0.3) is 0 Å². The van der Waals surface area contributed by atoms with Gasteiger partial charge < -0.3 is 0 Å². The molecule has 1 heteroatoms. The smallest absolute Gasteiger partial charge is 0.0208 e. The average molecular weight is 301 g/mol. The summed E-state index contributed by atoms with van der Waals surface area (Å²) in [6.07, 6.45) is 18.3. The van der Waals surface area contributed by atoms with Crippen LogP contribution in [-0.4, -0.2) is 5.66 Å². The lowest BCUT2D eigenvalue weighted by Crippen LogP contribution is -2.31. The summed E-state index contributed by atoms with van der Waals surface area (Å²) < 4.78 is 0. The van der Waals surface area contributed by atoms with Gasteiger partial charge in [0.15, 0.2) is 0 Å². The Labute approximate surface area is 132 Å². The molecule has 2 unspecified atom stereocenters. The van der Waals surface area contributed by atoms with Gasteiger partial charge >= 0.3 is 0 Å². The molecule has 0 amide bonds. The Morgan fingerprint density at radius 1 is 0.650 bits per heavy atom. The minimum atomic E-state index is 0.621. The van der Waals surface area contributed by atoms with Gasteiger partial charge in [-0.2, -0.15) is 0 Å². The first-order valence-electron chi connectivity index (χ1n) is 9.42. The fourth-order valence-corrected chi connectivity index (χ4v) is 4.49. The maximum absolute atomic E-state index is 3.25. The van der Waals surface area contributed by atoms with Crippen LogP contribution in [0.5, 0.6) is 0 Å². The van der Waals surface area contributed by atoms with E-state index in [-0.39, 0.29) is 0 Å². The lowest BCUT2D eigenvalue weighted by atomic mass is 9.71. The molecule has 20 heavy (non-hydrogen) atoms. The topological polar surface area (TPSA) is 0 Å². The van der Waals surface area contributed by atoms with Gasteiger partial charge in [-0.05, 0) is 36.8 Å². The number of hydrogen-bond donors (Lipinski definition) is 0. The molecule has 0 spiro atoms. The summed E-state index contributed by atoms with van der Waals surface area (Å²) in [7, 11) is 3.25.